The van der Waals surface area contributed by atoms with Crippen molar-refractivity contribution in [2.24, 2.45) is 0 Å². The Labute approximate surface area is 111 Å². The molecule has 1 aliphatic carbocycles. The standard InChI is InChI=1S/C14H18F3NO/c1-9-4-5-11(12(8-9)19-3)10(2)18-13(6-7-13)14(15,16)17/h4-5,8,10,18H,6-7H2,1-3H3. The summed E-state index contributed by atoms with van der Waals surface area (Å²) < 4.78 is 44.0. The minimum Gasteiger partial charge on any atom is -0.496 e. The predicted octanol–water partition coefficient (Wildman–Crippen LogP) is 3.75. The molecular formula is C14H18F3NO. The summed E-state index contributed by atoms with van der Waals surface area (Å²) in [7, 11) is 1.53. The summed E-state index contributed by atoms with van der Waals surface area (Å²) in [4.78, 5) is 0. The topological polar surface area (TPSA) is 21.3 Å². The van der Waals surface area contributed by atoms with E-state index >= 15 is 0 Å². The third kappa shape index (κ3) is 2.71. The average molecular weight is 273 g/mol. The van der Waals surface area contributed by atoms with Gasteiger partial charge in [-0.2, -0.15) is 13.2 Å². The summed E-state index contributed by atoms with van der Waals surface area (Å²) >= 11 is 0. The van der Waals surface area contributed by atoms with Gasteiger partial charge in [0, 0.05) is 11.6 Å². The van der Waals surface area contributed by atoms with Crippen LogP contribution in [-0.4, -0.2) is 18.8 Å². The molecule has 1 saturated carbocycles. The fourth-order valence-corrected chi connectivity index (χ4v) is 2.30. The third-order valence-corrected chi connectivity index (χ3v) is 3.64. The van der Waals surface area contributed by atoms with Gasteiger partial charge in [0.2, 0.25) is 0 Å². The lowest BCUT2D eigenvalue weighted by molar-refractivity contribution is -0.167. The second-order valence-electron chi connectivity index (χ2n) is 5.19. The van der Waals surface area contributed by atoms with Crippen LogP contribution in [0.4, 0.5) is 13.2 Å². The highest BCUT2D eigenvalue weighted by Crippen LogP contribution is 2.50. The first-order valence-electron chi connectivity index (χ1n) is 6.28. The summed E-state index contributed by atoms with van der Waals surface area (Å²) in [6, 6.07) is 5.13. The van der Waals surface area contributed by atoms with Gasteiger partial charge < -0.3 is 4.74 Å². The number of aryl methyl sites for hydroxylation is 1. The third-order valence-electron chi connectivity index (χ3n) is 3.64. The molecule has 1 aromatic carbocycles. The molecule has 1 unspecified atom stereocenters. The van der Waals surface area contributed by atoms with E-state index in [0.29, 0.717) is 5.75 Å². The molecule has 0 bridgehead atoms. The molecule has 0 heterocycles. The molecule has 1 N–H and O–H groups in total. The van der Waals surface area contributed by atoms with Crippen molar-refractivity contribution in [3.8, 4) is 5.75 Å². The Bertz CT molecular complexity index is 466. The highest BCUT2D eigenvalue weighted by Gasteiger charge is 2.63. The fourth-order valence-electron chi connectivity index (χ4n) is 2.30. The Morgan fingerprint density at radius 2 is 1.95 bits per heavy atom. The maximum Gasteiger partial charge on any atom is 0.406 e. The molecule has 1 fully saturated rings. The number of methoxy groups -OCH3 is 1. The minimum absolute atomic E-state index is 0.148. The first kappa shape index (κ1) is 14.2. The molecule has 0 aromatic heterocycles. The number of rotatable bonds is 4. The van der Waals surface area contributed by atoms with Crippen LogP contribution < -0.4 is 10.1 Å². The molecule has 5 heteroatoms. The minimum atomic E-state index is -4.20. The van der Waals surface area contributed by atoms with Crippen molar-refractivity contribution in [3.05, 3.63) is 29.3 Å². The smallest absolute Gasteiger partial charge is 0.406 e. The van der Waals surface area contributed by atoms with Crippen LogP contribution in [0, 0.1) is 6.92 Å². The number of nitrogens with one attached hydrogen (secondary N) is 1. The largest absolute Gasteiger partial charge is 0.496 e. The summed E-state index contributed by atoms with van der Waals surface area (Å²) in [6.45, 7) is 3.65. The zero-order valence-electron chi connectivity index (χ0n) is 11.3. The van der Waals surface area contributed by atoms with Gasteiger partial charge in [-0.25, -0.2) is 0 Å². The van der Waals surface area contributed by atoms with Crippen LogP contribution in [0.25, 0.3) is 0 Å². The van der Waals surface area contributed by atoms with Crippen LogP contribution in [0.15, 0.2) is 18.2 Å². The van der Waals surface area contributed by atoms with Crippen molar-refractivity contribution >= 4 is 0 Å². The second kappa shape index (κ2) is 4.71. The summed E-state index contributed by atoms with van der Waals surface area (Å²) in [6.07, 6.45) is -3.90. The molecule has 106 valence electrons. The van der Waals surface area contributed by atoms with Crippen LogP contribution in [0.3, 0.4) is 0 Å². The SMILES string of the molecule is COc1cc(C)ccc1C(C)NC1(C(F)(F)F)CC1. The lowest BCUT2D eigenvalue weighted by Gasteiger charge is -2.26. The van der Waals surface area contributed by atoms with Gasteiger partial charge >= 0.3 is 6.18 Å². The van der Waals surface area contributed by atoms with Crippen molar-refractivity contribution in [3.63, 3.8) is 0 Å². The van der Waals surface area contributed by atoms with Gasteiger partial charge in [-0.05, 0) is 38.3 Å². The number of halogens is 3. The molecule has 0 amide bonds. The quantitative estimate of drug-likeness (QED) is 0.902. The average Bonchev–Trinajstić information content (AvgIpc) is 3.08. The molecule has 1 atom stereocenters. The van der Waals surface area contributed by atoms with Crippen molar-refractivity contribution in [2.45, 2.75) is 44.4 Å². The van der Waals surface area contributed by atoms with Crippen molar-refractivity contribution in [2.75, 3.05) is 7.11 Å². The van der Waals surface area contributed by atoms with E-state index in [2.05, 4.69) is 5.32 Å². The van der Waals surface area contributed by atoms with Crippen molar-refractivity contribution < 1.29 is 17.9 Å². The molecule has 2 nitrogen and oxygen atoms in total. The van der Waals surface area contributed by atoms with Crippen molar-refractivity contribution in [1.82, 2.24) is 5.32 Å². The normalized spacial score (nSPS) is 19.1. The Balaban J connectivity index is 2.19. The molecular weight excluding hydrogens is 255 g/mol. The predicted molar refractivity (Wildman–Crippen MR) is 67.3 cm³/mol. The molecule has 2 rings (SSSR count). The first-order valence-corrected chi connectivity index (χ1v) is 6.28. The zero-order chi connectivity index (χ0) is 14.3. The van der Waals surface area contributed by atoms with Crippen LogP contribution >= 0.6 is 0 Å². The molecule has 19 heavy (non-hydrogen) atoms. The van der Waals surface area contributed by atoms with E-state index in [9.17, 15) is 13.2 Å². The van der Waals surface area contributed by atoms with Gasteiger partial charge in [0.25, 0.3) is 0 Å². The maximum absolute atomic E-state index is 12.9. The fraction of sp³-hybridized carbons (Fsp3) is 0.571. The van der Waals surface area contributed by atoms with Gasteiger partial charge in [-0.3, -0.25) is 5.32 Å². The monoisotopic (exact) mass is 273 g/mol. The zero-order valence-corrected chi connectivity index (χ0v) is 11.3. The number of benzene rings is 1. The van der Waals surface area contributed by atoms with Crippen LogP contribution in [0.5, 0.6) is 5.75 Å². The number of hydrogen-bond donors (Lipinski definition) is 1. The van der Waals surface area contributed by atoms with Gasteiger partial charge in [0.1, 0.15) is 11.3 Å². The second-order valence-corrected chi connectivity index (χ2v) is 5.19. The lowest BCUT2D eigenvalue weighted by Crippen LogP contribution is -2.45. The Morgan fingerprint density at radius 1 is 1.32 bits per heavy atom. The highest BCUT2D eigenvalue weighted by atomic mass is 19.4. The maximum atomic E-state index is 12.9. The number of ether oxygens (including phenoxy) is 1. The summed E-state index contributed by atoms with van der Waals surface area (Å²) in [5, 5.41) is 2.71. The highest BCUT2D eigenvalue weighted by molar-refractivity contribution is 5.39. The summed E-state index contributed by atoms with van der Waals surface area (Å²) in [5.74, 6) is 0.623. The molecule has 0 aliphatic heterocycles. The van der Waals surface area contributed by atoms with Crippen LogP contribution in [0.1, 0.15) is 36.9 Å². The first-order chi connectivity index (χ1) is 8.79. The number of hydrogen-bond acceptors (Lipinski definition) is 2. The van der Waals surface area contributed by atoms with Gasteiger partial charge in [0.05, 0.1) is 7.11 Å². The number of alkyl halides is 3. The van der Waals surface area contributed by atoms with Gasteiger partial charge in [-0.15, -0.1) is 0 Å². The van der Waals surface area contributed by atoms with E-state index in [4.69, 9.17) is 4.74 Å². The molecule has 0 radical (unpaired) electrons. The Kier molecular flexibility index (Phi) is 3.51. The molecule has 1 aliphatic rings. The van der Waals surface area contributed by atoms with E-state index < -0.39 is 17.8 Å². The van der Waals surface area contributed by atoms with Crippen molar-refractivity contribution in [1.29, 1.82) is 0 Å². The Hall–Kier alpha value is -1.23. The van der Waals surface area contributed by atoms with Crippen LogP contribution in [-0.2, 0) is 0 Å². The van der Waals surface area contributed by atoms with E-state index in [-0.39, 0.29) is 12.8 Å². The van der Waals surface area contributed by atoms with E-state index in [1.54, 1.807) is 6.92 Å². The van der Waals surface area contributed by atoms with E-state index in [1.807, 2.05) is 25.1 Å². The molecule has 0 saturated heterocycles. The lowest BCUT2D eigenvalue weighted by atomic mass is 10.0. The van der Waals surface area contributed by atoms with E-state index in [1.165, 1.54) is 7.11 Å². The molecule has 0 spiro atoms. The van der Waals surface area contributed by atoms with Gasteiger partial charge in [-0.1, -0.05) is 12.1 Å². The van der Waals surface area contributed by atoms with E-state index in [0.717, 1.165) is 11.1 Å². The summed E-state index contributed by atoms with van der Waals surface area (Å²) in [5.41, 5.74) is 0.0656. The Morgan fingerprint density at radius 3 is 2.42 bits per heavy atom. The molecule has 1 aromatic rings. The van der Waals surface area contributed by atoms with Crippen LogP contribution in [0.2, 0.25) is 0 Å². The van der Waals surface area contributed by atoms with Gasteiger partial charge in [0.15, 0.2) is 0 Å².